The topological polar surface area (TPSA) is 47.3 Å². The molecule has 0 saturated carbocycles. The Hall–Kier alpha value is -0.870. The lowest BCUT2D eigenvalue weighted by Crippen LogP contribution is -2.06. The van der Waals surface area contributed by atoms with Crippen LogP contribution >= 0.6 is 0 Å². The van der Waals surface area contributed by atoms with E-state index >= 15 is 0 Å². The molecule has 0 aromatic carbocycles. The van der Waals surface area contributed by atoms with Crippen LogP contribution in [0, 0.1) is 0 Å². The lowest BCUT2D eigenvalue weighted by atomic mass is 10.5. The van der Waals surface area contributed by atoms with Gasteiger partial charge in [-0.15, -0.1) is 0 Å². The smallest absolute Gasteiger partial charge is 0.136 e. The van der Waals surface area contributed by atoms with Gasteiger partial charge in [-0.2, -0.15) is 0 Å². The van der Waals surface area contributed by atoms with Crippen molar-refractivity contribution in [3.63, 3.8) is 0 Å². The Kier molecular flexibility index (Phi) is 3.76. The fraction of sp³-hybridized carbons (Fsp3) is 0.625. The molecule has 0 aliphatic carbocycles. The zero-order chi connectivity index (χ0) is 8.81. The second-order valence-electron chi connectivity index (χ2n) is 2.51. The van der Waals surface area contributed by atoms with Crippen LogP contribution in [0.4, 0.5) is 0 Å². The van der Waals surface area contributed by atoms with Gasteiger partial charge in [-0.1, -0.05) is 6.92 Å². The lowest BCUT2D eigenvalue weighted by molar-refractivity contribution is 0.0725. The van der Waals surface area contributed by atoms with E-state index in [0.29, 0.717) is 12.6 Å². The maximum absolute atomic E-state index is 8.82. The summed E-state index contributed by atoms with van der Waals surface area (Å²) in [6.07, 6.45) is 4.45. The van der Waals surface area contributed by atoms with E-state index in [9.17, 15) is 0 Å². The Morgan fingerprint density at radius 2 is 2.50 bits per heavy atom. The number of hydrogen-bond acceptors (Lipinski definition) is 3. The molecule has 4 nitrogen and oxygen atoms in total. The van der Waals surface area contributed by atoms with Crippen molar-refractivity contribution in [3.05, 3.63) is 18.2 Å². The predicted molar refractivity (Wildman–Crippen MR) is 44.4 cm³/mol. The lowest BCUT2D eigenvalue weighted by Gasteiger charge is -2.05. The third kappa shape index (κ3) is 2.32. The van der Waals surface area contributed by atoms with Crippen LogP contribution in [0.5, 0.6) is 0 Å². The molecule has 68 valence electrons. The number of rotatable bonds is 5. The van der Waals surface area contributed by atoms with Gasteiger partial charge in [-0.25, -0.2) is 4.98 Å². The van der Waals surface area contributed by atoms with Crippen LogP contribution in [0.15, 0.2) is 12.4 Å². The fourth-order valence-electron chi connectivity index (χ4n) is 0.916. The Labute approximate surface area is 71.8 Å². The highest BCUT2D eigenvalue weighted by atomic mass is 16.5. The van der Waals surface area contributed by atoms with Gasteiger partial charge in [0.25, 0.3) is 0 Å². The molecule has 1 N–H and O–H groups in total. The van der Waals surface area contributed by atoms with E-state index in [2.05, 4.69) is 11.9 Å². The molecular formula is C8H14N2O2. The van der Waals surface area contributed by atoms with Crippen molar-refractivity contribution in [2.24, 2.45) is 0 Å². The average molecular weight is 170 g/mol. The van der Waals surface area contributed by atoms with Crippen LogP contribution in [0.25, 0.3) is 0 Å². The van der Waals surface area contributed by atoms with Gasteiger partial charge in [-0.05, 0) is 6.42 Å². The first-order chi connectivity index (χ1) is 5.88. The van der Waals surface area contributed by atoms with Crippen LogP contribution in [0.2, 0.25) is 0 Å². The summed E-state index contributed by atoms with van der Waals surface area (Å²) in [6, 6.07) is 0. The third-order valence-electron chi connectivity index (χ3n) is 1.52. The number of nitrogens with zero attached hydrogens (tertiary/aromatic N) is 2. The van der Waals surface area contributed by atoms with Crippen LogP contribution in [-0.4, -0.2) is 21.3 Å². The second-order valence-corrected chi connectivity index (χ2v) is 2.51. The van der Waals surface area contributed by atoms with E-state index in [1.54, 1.807) is 17.0 Å². The number of aromatic nitrogens is 2. The molecule has 0 radical (unpaired) electrons. The molecule has 0 bridgehead atoms. The van der Waals surface area contributed by atoms with Crippen LogP contribution < -0.4 is 0 Å². The second kappa shape index (κ2) is 4.90. The SMILES string of the molecule is CCCOCn1ccnc1CO. The summed E-state index contributed by atoms with van der Waals surface area (Å²) in [5, 5.41) is 8.82. The summed E-state index contributed by atoms with van der Waals surface area (Å²) in [5.41, 5.74) is 0. The van der Waals surface area contributed by atoms with Crippen molar-refractivity contribution >= 4 is 0 Å². The minimum atomic E-state index is -0.0392. The number of aliphatic hydroxyl groups is 1. The quantitative estimate of drug-likeness (QED) is 0.663. The van der Waals surface area contributed by atoms with Gasteiger partial charge in [0.1, 0.15) is 19.2 Å². The molecule has 1 heterocycles. The minimum Gasteiger partial charge on any atom is -0.388 e. The highest BCUT2D eigenvalue weighted by Crippen LogP contribution is 1.97. The molecule has 0 amide bonds. The first kappa shape index (κ1) is 9.22. The Balaban J connectivity index is 2.39. The molecule has 1 aromatic heterocycles. The van der Waals surface area contributed by atoms with Gasteiger partial charge in [-0.3, -0.25) is 0 Å². The van der Waals surface area contributed by atoms with Crippen molar-refractivity contribution in [2.45, 2.75) is 26.7 Å². The molecule has 0 saturated heterocycles. The average Bonchev–Trinajstić information content (AvgIpc) is 2.52. The highest BCUT2D eigenvalue weighted by molar-refractivity contribution is 4.88. The largest absolute Gasteiger partial charge is 0.388 e. The van der Waals surface area contributed by atoms with E-state index in [-0.39, 0.29) is 6.61 Å². The first-order valence-electron chi connectivity index (χ1n) is 4.07. The Bertz CT molecular complexity index is 223. The summed E-state index contributed by atoms with van der Waals surface area (Å²) >= 11 is 0. The van der Waals surface area contributed by atoms with Crippen LogP contribution in [0.3, 0.4) is 0 Å². The molecule has 1 aromatic rings. The van der Waals surface area contributed by atoms with Gasteiger partial charge >= 0.3 is 0 Å². The molecule has 1 rings (SSSR count). The van der Waals surface area contributed by atoms with Crippen molar-refractivity contribution in [3.8, 4) is 0 Å². The van der Waals surface area contributed by atoms with Crippen LogP contribution in [-0.2, 0) is 18.1 Å². The maximum atomic E-state index is 8.82. The predicted octanol–water partition coefficient (Wildman–Crippen LogP) is 0.759. The molecule has 4 heteroatoms. The van der Waals surface area contributed by atoms with Gasteiger partial charge in [0.05, 0.1) is 0 Å². The van der Waals surface area contributed by atoms with E-state index in [0.717, 1.165) is 13.0 Å². The van der Waals surface area contributed by atoms with Gasteiger partial charge in [0.2, 0.25) is 0 Å². The Morgan fingerprint density at radius 3 is 3.17 bits per heavy atom. The standard InChI is InChI=1S/C8H14N2O2/c1-2-5-12-7-10-4-3-9-8(10)6-11/h3-4,11H,2,5-7H2,1H3. The molecule has 0 fully saturated rings. The van der Waals surface area contributed by atoms with E-state index < -0.39 is 0 Å². The highest BCUT2D eigenvalue weighted by Gasteiger charge is 1.98. The Morgan fingerprint density at radius 1 is 1.67 bits per heavy atom. The third-order valence-corrected chi connectivity index (χ3v) is 1.52. The number of ether oxygens (including phenoxy) is 1. The number of hydrogen-bond donors (Lipinski definition) is 1. The molecular weight excluding hydrogens is 156 g/mol. The summed E-state index contributed by atoms with van der Waals surface area (Å²) in [5.74, 6) is 0.645. The van der Waals surface area contributed by atoms with Crippen molar-refractivity contribution < 1.29 is 9.84 Å². The zero-order valence-electron chi connectivity index (χ0n) is 7.23. The van der Waals surface area contributed by atoms with E-state index in [1.807, 2.05) is 0 Å². The van der Waals surface area contributed by atoms with Crippen molar-refractivity contribution in [2.75, 3.05) is 6.61 Å². The summed E-state index contributed by atoms with van der Waals surface area (Å²) in [4.78, 5) is 3.95. The zero-order valence-corrected chi connectivity index (χ0v) is 7.23. The summed E-state index contributed by atoms with van der Waals surface area (Å²) in [7, 11) is 0. The maximum Gasteiger partial charge on any atom is 0.136 e. The van der Waals surface area contributed by atoms with E-state index in [4.69, 9.17) is 9.84 Å². The van der Waals surface area contributed by atoms with E-state index in [1.165, 1.54) is 0 Å². The molecule has 0 spiro atoms. The molecule has 0 aliphatic rings. The monoisotopic (exact) mass is 170 g/mol. The minimum absolute atomic E-state index is 0.0392. The van der Waals surface area contributed by atoms with Gasteiger partial charge in [0, 0.05) is 19.0 Å². The normalized spacial score (nSPS) is 10.5. The van der Waals surface area contributed by atoms with Crippen molar-refractivity contribution in [1.82, 2.24) is 9.55 Å². The molecule has 0 atom stereocenters. The first-order valence-corrected chi connectivity index (χ1v) is 4.07. The van der Waals surface area contributed by atoms with Gasteiger partial charge < -0.3 is 14.4 Å². The molecule has 0 unspecified atom stereocenters. The summed E-state index contributed by atoms with van der Waals surface area (Å²) in [6.45, 7) is 3.23. The fourth-order valence-corrected chi connectivity index (χ4v) is 0.916. The summed E-state index contributed by atoms with van der Waals surface area (Å²) < 4.78 is 7.07. The number of aliphatic hydroxyl groups excluding tert-OH is 1. The van der Waals surface area contributed by atoms with Crippen molar-refractivity contribution in [1.29, 1.82) is 0 Å². The molecule has 12 heavy (non-hydrogen) atoms. The van der Waals surface area contributed by atoms with Gasteiger partial charge in [0.15, 0.2) is 0 Å². The number of imidazole rings is 1. The van der Waals surface area contributed by atoms with Crippen LogP contribution in [0.1, 0.15) is 19.2 Å². The molecule has 0 aliphatic heterocycles.